The fourth-order valence-electron chi connectivity index (χ4n) is 0.857. The molecule has 0 unspecified atom stereocenters. The number of hydrogen-bond donors (Lipinski definition) is 1. The highest BCUT2D eigenvalue weighted by Gasteiger charge is 2.06. The second-order valence-corrected chi connectivity index (χ2v) is 4.50. The lowest BCUT2D eigenvalue weighted by Gasteiger charge is -2.04. The molecule has 78 valence electrons. The number of hydrogen-bond acceptors (Lipinski definition) is 4. The van der Waals surface area contributed by atoms with Gasteiger partial charge in [0.1, 0.15) is 5.03 Å². The summed E-state index contributed by atoms with van der Waals surface area (Å²) in [6.45, 7) is 4.26. The number of nitrogens with zero attached hydrogens (tertiary/aromatic N) is 2. The maximum Gasteiger partial charge on any atom is 0.221 e. The molecule has 2 N–H and O–H groups in total. The average Bonchev–Trinajstić information content (AvgIpc) is 2.10. The van der Waals surface area contributed by atoms with Crippen molar-refractivity contribution in [3.8, 4) is 0 Å². The predicted molar refractivity (Wildman–Crippen MR) is 56.6 cm³/mol. The Morgan fingerprint density at radius 2 is 2.29 bits per heavy atom. The highest BCUT2D eigenvalue weighted by molar-refractivity contribution is 7.99. The molecule has 0 atom stereocenters. The lowest BCUT2D eigenvalue weighted by molar-refractivity contribution is 0.579. The van der Waals surface area contributed by atoms with Crippen LogP contribution in [0.2, 0.25) is 0 Å². The van der Waals surface area contributed by atoms with Crippen molar-refractivity contribution in [2.24, 2.45) is 5.92 Å². The smallest absolute Gasteiger partial charge is 0.221 e. The largest absolute Gasteiger partial charge is 0.368 e. The van der Waals surface area contributed by atoms with Gasteiger partial charge < -0.3 is 5.73 Å². The van der Waals surface area contributed by atoms with E-state index in [1.54, 1.807) is 0 Å². The Morgan fingerprint density at radius 3 is 2.93 bits per heavy atom. The van der Waals surface area contributed by atoms with E-state index in [4.69, 9.17) is 5.73 Å². The summed E-state index contributed by atoms with van der Waals surface area (Å²) in [5.41, 5.74) is 5.36. The van der Waals surface area contributed by atoms with Crippen molar-refractivity contribution in [2.75, 3.05) is 11.5 Å². The molecule has 0 aliphatic rings. The predicted octanol–water partition coefficient (Wildman–Crippen LogP) is 2.34. The topological polar surface area (TPSA) is 51.8 Å². The average molecular weight is 215 g/mol. The van der Waals surface area contributed by atoms with Gasteiger partial charge in [-0.15, -0.1) is 11.8 Å². The van der Waals surface area contributed by atoms with Gasteiger partial charge in [0.15, 0.2) is 5.82 Å². The molecule has 0 radical (unpaired) electrons. The Hall–Kier alpha value is -0.840. The lowest BCUT2D eigenvalue weighted by atomic mass is 10.2. The molecule has 0 aliphatic heterocycles. The Labute approximate surface area is 87.3 Å². The van der Waals surface area contributed by atoms with Crippen molar-refractivity contribution in [2.45, 2.75) is 25.3 Å². The zero-order valence-corrected chi connectivity index (χ0v) is 9.14. The second kappa shape index (κ2) is 5.14. The Kier molecular flexibility index (Phi) is 4.13. The molecular weight excluding hydrogens is 201 g/mol. The van der Waals surface area contributed by atoms with Crippen LogP contribution in [0.1, 0.15) is 20.3 Å². The van der Waals surface area contributed by atoms with E-state index in [1.165, 1.54) is 11.8 Å². The van der Waals surface area contributed by atoms with Crippen LogP contribution in [0.3, 0.4) is 0 Å². The number of nitrogen functional groups attached to an aromatic ring is 1. The van der Waals surface area contributed by atoms with Crippen molar-refractivity contribution in [3.05, 3.63) is 12.0 Å². The number of anilines is 1. The van der Waals surface area contributed by atoms with Crippen LogP contribution < -0.4 is 5.73 Å². The molecule has 1 rings (SSSR count). The van der Waals surface area contributed by atoms with Gasteiger partial charge in [0.2, 0.25) is 5.95 Å². The van der Waals surface area contributed by atoms with Crippen molar-refractivity contribution in [1.82, 2.24) is 9.97 Å². The third-order valence-electron chi connectivity index (χ3n) is 1.66. The molecule has 5 heteroatoms. The summed E-state index contributed by atoms with van der Waals surface area (Å²) in [6, 6.07) is 0. The van der Waals surface area contributed by atoms with E-state index in [-0.39, 0.29) is 5.95 Å². The first-order valence-corrected chi connectivity index (χ1v) is 5.49. The van der Waals surface area contributed by atoms with Gasteiger partial charge in [-0.1, -0.05) is 13.8 Å². The molecule has 0 saturated heterocycles. The van der Waals surface area contributed by atoms with E-state index in [9.17, 15) is 4.39 Å². The molecule has 0 amide bonds. The fourth-order valence-corrected chi connectivity index (χ4v) is 1.99. The molecule has 1 aromatic rings. The van der Waals surface area contributed by atoms with Gasteiger partial charge in [-0.05, 0) is 18.1 Å². The van der Waals surface area contributed by atoms with Crippen molar-refractivity contribution >= 4 is 17.7 Å². The van der Waals surface area contributed by atoms with Crippen LogP contribution >= 0.6 is 11.8 Å². The molecule has 0 aromatic carbocycles. The first-order valence-electron chi connectivity index (χ1n) is 4.50. The molecule has 0 aliphatic carbocycles. The van der Waals surface area contributed by atoms with Crippen molar-refractivity contribution in [1.29, 1.82) is 0 Å². The zero-order valence-electron chi connectivity index (χ0n) is 8.33. The molecule has 0 fully saturated rings. The van der Waals surface area contributed by atoms with Crippen LogP contribution in [0.15, 0.2) is 11.2 Å². The SMILES string of the molecule is CC(C)CCSc1nc(N)ncc1F. The number of aromatic nitrogens is 2. The Balaban J connectivity index is 2.53. The van der Waals surface area contributed by atoms with Gasteiger partial charge in [-0.3, -0.25) is 0 Å². The molecule has 3 nitrogen and oxygen atoms in total. The molecule has 1 heterocycles. The summed E-state index contributed by atoms with van der Waals surface area (Å²) < 4.78 is 13.1. The van der Waals surface area contributed by atoms with Gasteiger partial charge in [-0.2, -0.15) is 0 Å². The van der Waals surface area contributed by atoms with Crippen LogP contribution in [0, 0.1) is 11.7 Å². The quantitative estimate of drug-likeness (QED) is 0.618. The minimum atomic E-state index is -0.395. The van der Waals surface area contributed by atoms with Crippen LogP contribution in [0.4, 0.5) is 10.3 Å². The van der Waals surface area contributed by atoms with E-state index >= 15 is 0 Å². The Morgan fingerprint density at radius 1 is 1.57 bits per heavy atom. The number of thioether (sulfide) groups is 1. The van der Waals surface area contributed by atoms with Crippen molar-refractivity contribution < 1.29 is 4.39 Å². The standard InChI is InChI=1S/C9H14FN3S/c1-6(2)3-4-14-8-7(10)5-12-9(11)13-8/h5-6H,3-4H2,1-2H3,(H2,11,12,13). The van der Waals surface area contributed by atoms with Crippen LogP contribution in [-0.2, 0) is 0 Å². The first-order chi connectivity index (χ1) is 6.59. The third kappa shape index (κ3) is 3.49. The highest BCUT2D eigenvalue weighted by atomic mass is 32.2. The van der Waals surface area contributed by atoms with E-state index in [2.05, 4.69) is 23.8 Å². The molecule has 0 spiro atoms. The minimum Gasteiger partial charge on any atom is -0.368 e. The second-order valence-electron chi connectivity index (χ2n) is 3.41. The lowest BCUT2D eigenvalue weighted by Crippen LogP contribution is -1.99. The normalized spacial score (nSPS) is 10.9. The van der Waals surface area contributed by atoms with Crippen LogP contribution in [0.25, 0.3) is 0 Å². The first kappa shape index (κ1) is 11.2. The molecule has 1 aromatic heterocycles. The van der Waals surface area contributed by atoms with Gasteiger partial charge in [-0.25, -0.2) is 14.4 Å². The monoisotopic (exact) mass is 215 g/mol. The zero-order chi connectivity index (χ0) is 10.6. The van der Waals surface area contributed by atoms with E-state index < -0.39 is 5.82 Å². The molecule has 0 saturated carbocycles. The van der Waals surface area contributed by atoms with E-state index in [0.29, 0.717) is 10.9 Å². The molecular formula is C9H14FN3S. The van der Waals surface area contributed by atoms with Crippen LogP contribution in [0.5, 0.6) is 0 Å². The maximum absolute atomic E-state index is 13.1. The van der Waals surface area contributed by atoms with Gasteiger partial charge in [0.05, 0.1) is 6.20 Å². The summed E-state index contributed by atoms with van der Waals surface area (Å²) in [6.07, 6.45) is 2.15. The Bertz CT molecular complexity index is 304. The summed E-state index contributed by atoms with van der Waals surface area (Å²) in [5, 5.41) is 0.346. The number of nitrogens with two attached hydrogens (primary N) is 1. The van der Waals surface area contributed by atoms with Gasteiger partial charge in [0.25, 0.3) is 0 Å². The molecule has 0 bridgehead atoms. The van der Waals surface area contributed by atoms with Gasteiger partial charge >= 0.3 is 0 Å². The van der Waals surface area contributed by atoms with Crippen LogP contribution in [-0.4, -0.2) is 15.7 Å². The highest BCUT2D eigenvalue weighted by Crippen LogP contribution is 2.21. The summed E-state index contributed by atoms with van der Waals surface area (Å²) in [7, 11) is 0. The fraction of sp³-hybridized carbons (Fsp3) is 0.556. The third-order valence-corrected chi connectivity index (χ3v) is 2.66. The van der Waals surface area contributed by atoms with Gasteiger partial charge in [0, 0.05) is 0 Å². The maximum atomic E-state index is 13.1. The minimum absolute atomic E-state index is 0.124. The summed E-state index contributed by atoms with van der Waals surface area (Å²) in [4.78, 5) is 7.39. The van der Waals surface area contributed by atoms with E-state index in [0.717, 1.165) is 18.4 Å². The van der Waals surface area contributed by atoms with E-state index in [1.807, 2.05) is 0 Å². The number of rotatable bonds is 4. The van der Waals surface area contributed by atoms with Crippen molar-refractivity contribution in [3.63, 3.8) is 0 Å². The number of halogens is 1. The molecule has 14 heavy (non-hydrogen) atoms. The summed E-state index contributed by atoms with van der Waals surface area (Å²) >= 11 is 1.38. The summed E-state index contributed by atoms with van der Waals surface area (Å²) in [5.74, 6) is 1.20.